The van der Waals surface area contributed by atoms with Gasteiger partial charge in [-0.25, -0.2) is 0 Å². The fourth-order valence-corrected chi connectivity index (χ4v) is 1.11. The average Bonchev–Trinajstić information content (AvgIpc) is 2.18. The van der Waals surface area contributed by atoms with Gasteiger partial charge in [-0.3, -0.25) is 0 Å². The summed E-state index contributed by atoms with van der Waals surface area (Å²) in [6.45, 7) is 3.58. The molecule has 0 unspecified atom stereocenters. The molecule has 0 atom stereocenters. The normalized spacial score (nSPS) is 9.08. The predicted molar refractivity (Wildman–Crippen MR) is 53.4 cm³/mol. The number of nitrogens with one attached hydrogen (secondary N) is 1. The molecular formula is C10H13NO2. The van der Waals surface area contributed by atoms with E-state index < -0.39 is 0 Å². The second-order valence-electron chi connectivity index (χ2n) is 2.39. The molecule has 70 valence electrons. The topological polar surface area (TPSA) is 30.5 Å². The van der Waals surface area contributed by atoms with E-state index in [1.54, 1.807) is 20.4 Å². The van der Waals surface area contributed by atoms with Crippen molar-refractivity contribution in [2.24, 2.45) is 0 Å². The molecule has 0 heterocycles. The molecule has 0 amide bonds. The van der Waals surface area contributed by atoms with E-state index in [2.05, 4.69) is 11.9 Å². The minimum atomic E-state index is 0.685. The van der Waals surface area contributed by atoms with Crippen LogP contribution in [0.3, 0.4) is 0 Å². The largest absolute Gasteiger partial charge is 0.493 e. The number of rotatable bonds is 4. The Morgan fingerprint density at radius 2 is 2.08 bits per heavy atom. The van der Waals surface area contributed by atoms with Gasteiger partial charge in [0, 0.05) is 0 Å². The zero-order valence-corrected chi connectivity index (χ0v) is 7.83. The van der Waals surface area contributed by atoms with Crippen molar-refractivity contribution in [2.45, 2.75) is 0 Å². The average molecular weight is 179 g/mol. The minimum Gasteiger partial charge on any atom is -0.493 e. The van der Waals surface area contributed by atoms with Gasteiger partial charge < -0.3 is 14.8 Å². The van der Waals surface area contributed by atoms with Gasteiger partial charge in [0.05, 0.1) is 19.9 Å². The summed E-state index contributed by atoms with van der Waals surface area (Å²) < 4.78 is 10.3. The Labute approximate surface area is 78.0 Å². The molecule has 3 heteroatoms. The van der Waals surface area contributed by atoms with E-state index in [0.717, 1.165) is 5.69 Å². The molecule has 0 aliphatic rings. The lowest BCUT2D eigenvalue weighted by Gasteiger charge is -2.11. The Balaban J connectivity index is 3.10. The van der Waals surface area contributed by atoms with Gasteiger partial charge in [-0.2, -0.15) is 0 Å². The van der Waals surface area contributed by atoms with Crippen LogP contribution in [0.15, 0.2) is 31.0 Å². The Kier molecular flexibility index (Phi) is 3.20. The molecule has 0 fully saturated rings. The smallest absolute Gasteiger partial charge is 0.184 e. The molecule has 0 aromatic heterocycles. The third-order valence-electron chi connectivity index (χ3n) is 1.66. The number of para-hydroxylation sites is 1. The predicted octanol–water partition coefficient (Wildman–Crippen LogP) is 2.26. The molecular weight excluding hydrogens is 166 g/mol. The second-order valence-corrected chi connectivity index (χ2v) is 2.39. The van der Waals surface area contributed by atoms with Crippen molar-refractivity contribution < 1.29 is 9.47 Å². The first-order valence-electron chi connectivity index (χ1n) is 3.92. The molecule has 0 aliphatic heterocycles. The van der Waals surface area contributed by atoms with E-state index in [9.17, 15) is 0 Å². The van der Waals surface area contributed by atoms with E-state index in [-0.39, 0.29) is 0 Å². The summed E-state index contributed by atoms with van der Waals surface area (Å²) in [6, 6.07) is 5.61. The van der Waals surface area contributed by atoms with Crippen LogP contribution in [-0.4, -0.2) is 14.2 Å². The molecule has 0 radical (unpaired) electrons. The van der Waals surface area contributed by atoms with E-state index in [4.69, 9.17) is 9.47 Å². The highest BCUT2D eigenvalue weighted by Gasteiger charge is 2.06. The number of hydrogen-bond acceptors (Lipinski definition) is 3. The summed E-state index contributed by atoms with van der Waals surface area (Å²) in [5.41, 5.74) is 0.844. The van der Waals surface area contributed by atoms with E-state index >= 15 is 0 Å². The highest BCUT2D eigenvalue weighted by molar-refractivity contribution is 5.64. The van der Waals surface area contributed by atoms with Crippen LogP contribution >= 0.6 is 0 Å². The van der Waals surface area contributed by atoms with Gasteiger partial charge in [0.2, 0.25) is 0 Å². The van der Waals surface area contributed by atoms with Crippen LogP contribution in [-0.2, 0) is 0 Å². The molecule has 0 spiro atoms. The highest BCUT2D eigenvalue weighted by Crippen LogP contribution is 2.34. The van der Waals surface area contributed by atoms with Gasteiger partial charge in [-0.05, 0) is 18.3 Å². The molecule has 1 aromatic carbocycles. The fraction of sp³-hybridized carbons (Fsp3) is 0.200. The summed E-state index contributed by atoms with van der Waals surface area (Å²) in [7, 11) is 3.21. The maximum Gasteiger partial charge on any atom is 0.184 e. The van der Waals surface area contributed by atoms with Gasteiger partial charge in [0.1, 0.15) is 0 Å². The van der Waals surface area contributed by atoms with Gasteiger partial charge in [0.15, 0.2) is 11.5 Å². The summed E-state index contributed by atoms with van der Waals surface area (Å²) >= 11 is 0. The zero-order chi connectivity index (χ0) is 9.68. The third kappa shape index (κ3) is 1.93. The van der Waals surface area contributed by atoms with Crippen molar-refractivity contribution in [3.8, 4) is 11.5 Å². The van der Waals surface area contributed by atoms with Crippen LogP contribution in [0.1, 0.15) is 0 Å². The van der Waals surface area contributed by atoms with Crippen LogP contribution < -0.4 is 14.8 Å². The van der Waals surface area contributed by atoms with Gasteiger partial charge in [-0.1, -0.05) is 12.6 Å². The van der Waals surface area contributed by atoms with Crippen molar-refractivity contribution in [2.75, 3.05) is 19.5 Å². The number of anilines is 1. The third-order valence-corrected chi connectivity index (χ3v) is 1.66. The molecule has 3 nitrogen and oxygen atoms in total. The fourth-order valence-electron chi connectivity index (χ4n) is 1.11. The SMILES string of the molecule is C=CNc1cccc(OC)c1OC. The minimum absolute atomic E-state index is 0.685. The van der Waals surface area contributed by atoms with Crippen LogP contribution in [0.25, 0.3) is 0 Å². The summed E-state index contributed by atoms with van der Waals surface area (Å²) in [6.07, 6.45) is 1.59. The Morgan fingerprint density at radius 3 is 2.62 bits per heavy atom. The monoisotopic (exact) mass is 179 g/mol. The Bertz CT molecular complexity index is 297. The van der Waals surface area contributed by atoms with E-state index in [1.807, 2.05) is 18.2 Å². The van der Waals surface area contributed by atoms with E-state index in [1.165, 1.54) is 0 Å². The van der Waals surface area contributed by atoms with E-state index in [0.29, 0.717) is 11.5 Å². The lowest BCUT2D eigenvalue weighted by atomic mass is 10.2. The summed E-state index contributed by atoms with van der Waals surface area (Å²) in [4.78, 5) is 0. The molecule has 1 rings (SSSR count). The second kappa shape index (κ2) is 4.40. The molecule has 1 aromatic rings. The molecule has 0 bridgehead atoms. The highest BCUT2D eigenvalue weighted by atomic mass is 16.5. The van der Waals surface area contributed by atoms with Crippen molar-refractivity contribution in [3.63, 3.8) is 0 Å². The maximum absolute atomic E-state index is 5.18. The van der Waals surface area contributed by atoms with Crippen LogP contribution in [0.2, 0.25) is 0 Å². The van der Waals surface area contributed by atoms with Gasteiger partial charge in [-0.15, -0.1) is 0 Å². The van der Waals surface area contributed by atoms with Crippen LogP contribution in [0.4, 0.5) is 5.69 Å². The van der Waals surface area contributed by atoms with Crippen LogP contribution in [0, 0.1) is 0 Å². The lowest BCUT2D eigenvalue weighted by molar-refractivity contribution is 0.356. The van der Waals surface area contributed by atoms with Crippen LogP contribution in [0.5, 0.6) is 11.5 Å². The molecule has 13 heavy (non-hydrogen) atoms. The van der Waals surface area contributed by atoms with Crippen molar-refractivity contribution in [1.29, 1.82) is 0 Å². The van der Waals surface area contributed by atoms with Crippen molar-refractivity contribution in [1.82, 2.24) is 0 Å². The van der Waals surface area contributed by atoms with Crippen molar-refractivity contribution in [3.05, 3.63) is 31.0 Å². The first kappa shape index (κ1) is 9.45. The lowest BCUT2D eigenvalue weighted by Crippen LogP contribution is -1.95. The maximum atomic E-state index is 5.18. The number of methoxy groups -OCH3 is 2. The number of hydrogen-bond donors (Lipinski definition) is 1. The zero-order valence-electron chi connectivity index (χ0n) is 7.83. The molecule has 0 aliphatic carbocycles. The summed E-state index contributed by atoms with van der Waals surface area (Å²) in [5, 5.41) is 2.96. The Hall–Kier alpha value is -1.64. The first-order chi connectivity index (χ1) is 6.33. The molecule has 1 N–H and O–H groups in total. The quantitative estimate of drug-likeness (QED) is 0.769. The number of benzene rings is 1. The van der Waals surface area contributed by atoms with Crippen molar-refractivity contribution >= 4 is 5.69 Å². The first-order valence-corrected chi connectivity index (χ1v) is 3.92. The molecule has 0 saturated carbocycles. The van der Waals surface area contributed by atoms with Gasteiger partial charge in [0.25, 0.3) is 0 Å². The Morgan fingerprint density at radius 1 is 1.31 bits per heavy atom. The summed E-state index contributed by atoms with van der Waals surface area (Å²) in [5.74, 6) is 1.39. The molecule has 0 saturated heterocycles. The number of ether oxygens (including phenoxy) is 2. The van der Waals surface area contributed by atoms with Gasteiger partial charge >= 0.3 is 0 Å². The standard InChI is InChI=1S/C10H13NO2/c1-4-11-8-6-5-7-9(12-2)10(8)13-3/h4-7,11H,1H2,2-3H3.